The van der Waals surface area contributed by atoms with E-state index in [1.54, 1.807) is 6.07 Å². The molecule has 164 valence electrons. The standard InChI is InChI=1S/C22H20ClFN6S2/c23-17-11-16(5-6-18(17)24)27-20-19-21(26-13-25-20)29-22(32-19)28-15-3-1-14(2-4-15)12-30-7-9-31-10-8-30/h1-6,11,13H,7-10,12H2,(H2,25,26,27,28,29). The van der Waals surface area contributed by atoms with Crippen LogP contribution in [0.4, 0.5) is 26.7 Å². The van der Waals surface area contributed by atoms with Crippen molar-refractivity contribution >= 4 is 67.4 Å². The van der Waals surface area contributed by atoms with Crippen molar-refractivity contribution in [2.45, 2.75) is 6.54 Å². The average molecular weight is 487 g/mol. The lowest BCUT2D eigenvalue weighted by Gasteiger charge is -2.26. The lowest BCUT2D eigenvalue weighted by molar-refractivity contribution is 0.294. The van der Waals surface area contributed by atoms with Gasteiger partial charge in [-0.05, 0) is 35.9 Å². The van der Waals surface area contributed by atoms with Crippen molar-refractivity contribution in [3.8, 4) is 0 Å². The van der Waals surface area contributed by atoms with Gasteiger partial charge in [0.15, 0.2) is 16.6 Å². The molecule has 0 aliphatic carbocycles. The summed E-state index contributed by atoms with van der Waals surface area (Å²) in [4.78, 5) is 15.7. The van der Waals surface area contributed by atoms with Gasteiger partial charge < -0.3 is 10.6 Å². The van der Waals surface area contributed by atoms with E-state index in [0.29, 0.717) is 17.2 Å². The quantitative estimate of drug-likeness (QED) is 0.351. The van der Waals surface area contributed by atoms with Crippen LogP contribution in [0.25, 0.3) is 10.3 Å². The second-order valence-electron chi connectivity index (χ2n) is 7.36. The van der Waals surface area contributed by atoms with Crippen LogP contribution in [-0.4, -0.2) is 44.4 Å². The molecule has 6 nitrogen and oxygen atoms in total. The SMILES string of the molecule is Fc1ccc(Nc2ncnc3nc(Nc4ccc(CN5CCSCC5)cc4)sc23)cc1Cl. The molecule has 3 heterocycles. The smallest absolute Gasteiger partial charge is 0.189 e. The van der Waals surface area contributed by atoms with Crippen LogP contribution in [0.1, 0.15) is 5.56 Å². The van der Waals surface area contributed by atoms with Gasteiger partial charge in [0.05, 0.1) is 5.02 Å². The molecular weight excluding hydrogens is 467 g/mol. The van der Waals surface area contributed by atoms with Crippen LogP contribution in [-0.2, 0) is 6.54 Å². The molecule has 1 aliphatic heterocycles. The molecule has 4 aromatic rings. The number of benzene rings is 2. The van der Waals surface area contributed by atoms with Gasteiger partial charge in [-0.1, -0.05) is 35.1 Å². The zero-order valence-electron chi connectivity index (χ0n) is 17.0. The highest BCUT2D eigenvalue weighted by atomic mass is 35.5. The van der Waals surface area contributed by atoms with Gasteiger partial charge in [0.1, 0.15) is 16.8 Å². The molecule has 0 atom stereocenters. The van der Waals surface area contributed by atoms with E-state index in [-0.39, 0.29) is 5.02 Å². The van der Waals surface area contributed by atoms with Crippen LogP contribution < -0.4 is 10.6 Å². The Balaban J connectivity index is 1.30. The first-order chi connectivity index (χ1) is 15.6. The first-order valence-corrected chi connectivity index (χ1v) is 12.5. The Morgan fingerprint density at radius 2 is 1.78 bits per heavy atom. The number of thiazole rings is 1. The summed E-state index contributed by atoms with van der Waals surface area (Å²) in [6, 6.07) is 12.9. The third kappa shape index (κ3) is 4.96. The second kappa shape index (κ2) is 9.58. The van der Waals surface area contributed by atoms with E-state index in [1.165, 1.54) is 46.9 Å². The summed E-state index contributed by atoms with van der Waals surface area (Å²) in [6.45, 7) is 3.29. The number of nitrogens with zero attached hydrogens (tertiary/aromatic N) is 4. The molecule has 0 bridgehead atoms. The normalized spacial score (nSPS) is 14.6. The predicted octanol–water partition coefficient (Wildman–Crippen LogP) is 5.91. The van der Waals surface area contributed by atoms with Gasteiger partial charge in [-0.25, -0.2) is 14.4 Å². The monoisotopic (exact) mass is 486 g/mol. The number of nitrogens with one attached hydrogen (secondary N) is 2. The average Bonchev–Trinajstić information content (AvgIpc) is 3.22. The van der Waals surface area contributed by atoms with Crippen molar-refractivity contribution < 1.29 is 4.39 Å². The molecule has 0 saturated carbocycles. The van der Waals surface area contributed by atoms with Crippen molar-refractivity contribution in [3.63, 3.8) is 0 Å². The first-order valence-electron chi connectivity index (χ1n) is 10.1. The summed E-state index contributed by atoms with van der Waals surface area (Å²) < 4.78 is 14.2. The van der Waals surface area contributed by atoms with Gasteiger partial charge >= 0.3 is 0 Å². The third-order valence-electron chi connectivity index (χ3n) is 5.09. The number of halogens is 2. The Morgan fingerprint density at radius 1 is 1.00 bits per heavy atom. The number of hydrogen-bond acceptors (Lipinski definition) is 8. The van der Waals surface area contributed by atoms with Crippen LogP contribution >= 0.6 is 34.7 Å². The molecule has 2 aromatic heterocycles. The second-order valence-corrected chi connectivity index (χ2v) is 9.99. The highest BCUT2D eigenvalue weighted by Gasteiger charge is 2.13. The highest BCUT2D eigenvalue weighted by molar-refractivity contribution is 7.99. The maximum Gasteiger partial charge on any atom is 0.189 e. The molecule has 5 rings (SSSR count). The molecule has 0 amide bonds. The van der Waals surface area contributed by atoms with Crippen LogP contribution in [0.5, 0.6) is 0 Å². The number of rotatable bonds is 6. The van der Waals surface area contributed by atoms with Crippen molar-refractivity contribution in [1.29, 1.82) is 0 Å². The van der Waals surface area contributed by atoms with E-state index in [1.807, 2.05) is 11.8 Å². The van der Waals surface area contributed by atoms with E-state index in [4.69, 9.17) is 11.6 Å². The predicted molar refractivity (Wildman–Crippen MR) is 132 cm³/mol. The lowest BCUT2D eigenvalue weighted by atomic mass is 10.2. The van der Waals surface area contributed by atoms with Gasteiger partial charge in [-0.2, -0.15) is 16.7 Å². The number of thioether (sulfide) groups is 1. The number of fused-ring (bicyclic) bond motifs is 1. The molecule has 0 spiro atoms. The van der Waals surface area contributed by atoms with Crippen LogP contribution in [0, 0.1) is 5.82 Å². The fraction of sp³-hybridized carbons (Fsp3) is 0.227. The molecule has 32 heavy (non-hydrogen) atoms. The van der Waals surface area contributed by atoms with E-state index in [2.05, 4.69) is 54.8 Å². The Labute approximate surface area is 198 Å². The molecule has 1 saturated heterocycles. The van der Waals surface area contributed by atoms with Gasteiger partial charge in [0.2, 0.25) is 0 Å². The Kier molecular flexibility index (Phi) is 6.40. The maximum absolute atomic E-state index is 13.4. The fourth-order valence-corrected chi connectivity index (χ4v) is 5.48. The summed E-state index contributed by atoms with van der Waals surface area (Å²) in [5, 5.41) is 7.30. The van der Waals surface area contributed by atoms with Crippen molar-refractivity contribution in [2.24, 2.45) is 0 Å². The third-order valence-corrected chi connectivity index (χ3v) is 7.29. The number of anilines is 4. The van der Waals surface area contributed by atoms with Gasteiger partial charge in [0.25, 0.3) is 0 Å². The Hall–Kier alpha value is -2.46. The molecule has 0 unspecified atom stereocenters. The van der Waals surface area contributed by atoms with Crippen LogP contribution in [0.15, 0.2) is 48.8 Å². The maximum atomic E-state index is 13.4. The summed E-state index contributed by atoms with van der Waals surface area (Å²) in [7, 11) is 0. The van der Waals surface area contributed by atoms with E-state index >= 15 is 0 Å². The number of aromatic nitrogens is 3. The van der Waals surface area contributed by atoms with Crippen LogP contribution in [0.3, 0.4) is 0 Å². The lowest BCUT2D eigenvalue weighted by Crippen LogP contribution is -2.31. The first kappa shape index (κ1) is 21.4. The Morgan fingerprint density at radius 3 is 2.56 bits per heavy atom. The molecule has 10 heteroatoms. The van der Waals surface area contributed by atoms with E-state index < -0.39 is 5.82 Å². The summed E-state index contributed by atoms with van der Waals surface area (Å²) in [5.74, 6) is 2.56. The summed E-state index contributed by atoms with van der Waals surface area (Å²) in [6.07, 6.45) is 1.45. The zero-order valence-corrected chi connectivity index (χ0v) is 19.4. The summed E-state index contributed by atoms with van der Waals surface area (Å²) >= 11 is 9.36. The van der Waals surface area contributed by atoms with Gasteiger partial charge in [-0.3, -0.25) is 4.90 Å². The molecule has 1 aliphatic rings. The molecule has 1 fully saturated rings. The van der Waals surface area contributed by atoms with Crippen LogP contribution in [0.2, 0.25) is 5.02 Å². The van der Waals surface area contributed by atoms with E-state index in [0.717, 1.165) is 35.2 Å². The summed E-state index contributed by atoms with van der Waals surface area (Å²) in [5.41, 5.74) is 3.50. The molecule has 2 N–H and O–H groups in total. The minimum atomic E-state index is -0.463. The largest absolute Gasteiger partial charge is 0.339 e. The molecular formula is C22H20ClFN6S2. The minimum absolute atomic E-state index is 0.0505. The van der Waals surface area contributed by atoms with Gasteiger partial charge in [-0.15, -0.1) is 0 Å². The molecule has 2 aromatic carbocycles. The minimum Gasteiger partial charge on any atom is -0.339 e. The van der Waals surface area contributed by atoms with E-state index in [9.17, 15) is 4.39 Å². The zero-order chi connectivity index (χ0) is 21.9. The van der Waals surface area contributed by atoms with Crippen molar-refractivity contribution in [3.05, 3.63) is 65.2 Å². The highest BCUT2D eigenvalue weighted by Crippen LogP contribution is 2.33. The van der Waals surface area contributed by atoms with Crippen molar-refractivity contribution in [1.82, 2.24) is 19.9 Å². The van der Waals surface area contributed by atoms with Crippen molar-refractivity contribution in [2.75, 3.05) is 35.2 Å². The Bertz CT molecular complexity index is 1230. The topological polar surface area (TPSA) is 66.0 Å². The fourth-order valence-electron chi connectivity index (χ4n) is 3.44. The molecule has 0 radical (unpaired) electrons. The number of hydrogen-bond donors (Lipinski definition) is 2. The van der Waals surface area contributed by atoms with Gasteiger partial charge in [0, 0.05) is 42.5 Å².